The monoisotopic (exact) mass is 194 g/mol. The molecule has 0 aromatic rings. The Labute approximate surface area is 84.5 Å². The lowest BCUT2D eigenvalue weighted by Crippen LogP contribution is -2.07. The zero-order chi connectivity index (χ0) is 9.26. The van der Waals surface area contributed by atoms with Gasteiger partial charge in [0.2, 0.25) is 0 Å². The molecule has 0 aliphatic heterocycles. The molecule has 2 heteroatoms. The first-order valence-electron chi connectivity index (χ1n) is 4.84. The van der Waals surface area contributed by atoms with Crippen molar-refractivity contribution in [3.63, 3.8) is 0 Å². The molecule has 2 aliphatic carbocycles. The Morgan fingerprint density at radius 2 is 2.46 bits per heavy atom. The van der Waals surface area contributed by atoms with Gasteiger partial charge in [-0.3, -0.25) is 0 Å². The molecular formula is C11H14OS. The maximum Gasteiger partial charge on any atom is 0.0651 e. The first-order chi connectivity index (χ1) is 6.33. The van der Waals surface area contributed by atoms with Crippen LogP contribution in [0.25, 0.3) is 0 Å². The lowest BCUT2D eigenvalue weighted by atomic mass is 10.0. The normalized spacial score (nSPS) is 31.8. The summed E-state index contributed by atoms with van der Waals surface area (Å²) in [5, 5.41) is 0. The van der Waals surface area contributed by atoms with Crippen molar-refractivity contribution < 1.29 is 4.74 Å². The summed E-state index contributed by atoms with van der Waals surface area (Å²) in [5.41, 5.74) is 1.34. The summed E-state index contributed by atoms with van der Waals surface area (Å²) < 4.78 is 5.54. The van der Waals surface area contributed by atoms with Crippen molar-refractivity contribution >= 4 is 17.1 Å². The molecule has 0 bridgehead atoms. The van der Waals surface area contributed by atoms with Crippen LogP contribution in [0.2, 0.25) is 0 Å². The van der Waals surface area contributed by atoms with Crippen LogP contribution in [0.4, 0.5) is 0 Å². The molecule has 0 aromatic carbocycles. The predicted molar refractivity (Wildman–Crippen MR) is 58.0 cm³/mol. The maximum atomic E-state index is 5.54. The van der Waals surface area contributed by atoms with Gasteiger partial charge in [0.05, 0.1) is 6.10 Å². The van der Waals surface area contributed by atoms with Gasteiger partial charge in [-0.05, 0) is 18.9 Å². The zero-order valence-corrected chi connectivity index (χ0v) is 8.64. The Bertz CT molecular complexity index is 278. The van der Waals surface area contributed by atoms with Crippen LogP contribution in [0.3, 0.4) is 0 Å². The highest BCUT2D eigenvalue weighted by molar-refractivity contribution is 7.80. The van der Waals surface area contributed by atoms with Gasteiger partial charge in [-0.1, -0.05) is 30.4 Å². The molecular weight excluding hydrogens is 180 g/mol. The van der Waals surface area contributed by atoms with Crippen LogP contribution in [-0.4, -0.2) is 17.6 Å². The van der Waals surface area contributed by atoms with Crippen molar-refractivity contribution in [1.82, 2.24) is 0 Å². The summed E-state index contributed by atoms with van der Waals surface area (Å²) in [6.07, 6.45) is 8.91. The molecule has 1 nitrogen and oxygen atoms in total. The van der Waals surface area contributed by atoms with E-state index in [0.29, 0.717) is 12.0 Å². The minimum atomic E-state index is 0.445. The highest BCUT2D eigenvalue weighted by Gasteiger charge is 2.41. The Morgan fingerprint density at radius 3 is 3.15 bits per heavy atom. The number of ether oxygens (including phenoxy) is 1. The van der Waals surface area contributed by atoms with E-state index in [1.165, 1.54) is 5.57 Å². The van der Waals surface area contributed by atoms with Crippen molar-refractivity contribution in [2.24, 2.45) is 5.92 Å². The molecule has 2 rings (SSSR count). The van der Waals surface area contributed by atoms with Crippen molar-refractivity contribution in [3.8, 4) is 0 Å². The minimum absolute atomic E-state index is 0.445. The van der Waals surface area contributed by atoms with Crippen LogP contribution in [0, 0.1) is 5.92 Å². The zero-order valence-electron chi connectivity index (χ0n) is 7.82. The smallest absolute Gasteiger partial charge is 0.0651 e. The van der Waals surface area contributed by atoms with Gasteiger partial charge in [0.25, 0.3) is 0 Å². The van der Waals surface area contributed by atoms with Gasteiger partial charge < -0.3 is 4.74 Å². The van der Waals surface area contributed by atoms with Gasteiger partial charge in [0.15, 0.2) is 0 Å². The van der Waals surface area contributed by atoms with Crippen LogP contribution in [-0.2, 0) is 4.74 Å². The topological polar surface area (TPSA) is 9.23 Å². The van der Waals surface area contributed by atoms with Gasteiger partial charge >= 0.3 is 0 Å². The van der Waals surface area contributed by atoms with Crippen molar-refractivity contribution in [3.05, 3.63) is 23.8 Å². The first-order valence-corrected chi connectivity index (χ1v) is 5.25. The molecule has 2 unspecified atom stereocenters. The standard InChI is InChI=1S/C11H14OS/c1-2-12-10-7-9(10)8-5-3-4-6-11(8)13/h3-5,9-10H,2,6-7H2,1H3. The molecule has 2 atom stereocenters. The van der Waals surface area contributed by atoms with Gasteiger partial charge in [-0.15, -0.1) is 0 Å². The summed E-state index contributed by atoms with van der Waals surface area (Å²) in [7, 11) is 0. The Hall–Kier alpha value is -0.470. The molecule has 0 spiro atoms. The molecule has 0 saturated heterocycles. The lowest BCUT2D eigenvalue weighted by molar-refractivity contribution is 0.125. The third-order valence-electron chi connectivity index (χ3n) is 2.55. The van der Waals surface area contributed by atoms with Gasteiger partial charge in [-0.25, -0.2) is 0 Å². The van der Waals surface area contributed by atoms with Crippen molar-refractivity contribution in [2.75, 3.05) is 6.61 Å². The Kier molecular flexibility index (Phi) is 2.61. The first kappa shape index (κ1) is 9.10. The van der Waals surface area contributed by atoms with Crippen LogP contribution >= 0.6 is 12.2 Å². The van der Waals surface area contributed by atoms with E-state index in [2.05, 4.69) is 18.2 Å². The van der Waals surface area contributed by atoms with Crippen LogP contribution in [0.15, 0.2) is 23.8 Å². The van der Waals surface area contributed by atoms with E-state index in [4.69, 9.17) is 17.0 Å². The molecule has 0 heterocycles. The fraction of sp³-hybridized carbons (Fsp3) is 0.545. The van der Waals surface area contributed by atoms with Gasteiger partial charge in [0.1, 0.15) is 0 Å². The second kappa shape index (κ2) is 3.72. The summed E-state index contributed by atoms with van der Waals surface area (Å²) >= 11 is 5.31. The van der Waals surface area contributed by atoms with Crippen LogP contribution in [0.1, 0.15) is 19.8 Å². The van der Waals surface area contributed by atoms with E-state index < -0.39 is 0 Å². The fourth-order valence-corrected chi connectivity index (χ4v) is 2.10. The number of allylic oxidation sites excluding steroid dienone is 3. The summed E-state index contributed by atoms with van der Waals surface area (Å²) in [6, 6.07) is 0. The number of thiocarbonyl (C=S) groups is 1. The molecule has 0 N–H and O–H groups in total. The van der Waals surface area contributed by atoms with E-state index in [0.717, 1.165) is 24.3 Å². The second-order valence-electron chi connectivity index (χ2n) is 3.51. The molecule has 0 aromatic heterocycles. The molecule has 0 amide bonds. The summed E-state index contributed by atoms with van der Waals surface area (Å²) in [5.74, 6) is 0.595. The maximum absolute atomic E-state index is 5.54. The van der Waals surface area contributed by atoms with E-state index in [1.807, 2.05) is 6.92 Å². The third kappa shape index (κ3) is 1.89. The molecule has 1 saturated carbocycles. The fourth-order valence-electron chi connectivity index (χ4n) is 1.79. The predicted octanol–water partition coefficient (Wildman–Crippen LogP) is 2.67. The SMILES string of the molecule is CCOC1CC1C1=CC=CCC1=S. The lowest BCUT2D eigenvalue weighted by Gasteiger charge is -2.09. The van der Waals surface area contributed by atoms with E-state index in [1.54, 1.807) is 0 Å². The molecule has 0 radical (unpaired) electrons. The van der Waals surface area contributed by atoms with Crippen LogP contribution in [0.5, 0.6) is 0 Å². The number of hydrogen-bond donors (Lipinski definition) is 0. The molecule has 70 valence electrons. The summed E-state index contributed by atoms with van der Waals surface area (Å²) in [6.45, 7) is 2.86. The molecule has 13 heavy (non-hydrogen) atoms. The number of hydrogen-bond acceptors (Lipinski definition) is 2. The average Bonchev–Trinajstić information content (AvgIpc) is 2.86. The van der Waals surface area contributed by atoms with Crippen LogP contribution < -0.4 is 0 Å². The summed E-state index contributed by atoms with van der Waals surface area (Å²) in [4.78, 5) is 1.11. The van der Waals surface area contributed by atoms with Crippen molar-refractivity contribution in [1.29, 1.82) is 0 Å². The Morgan fingerprint density at radius 1 is 1.62 bits per heavy atom. The second-order valence-corrected chi connectivity index (χ2v) is 4.01. The van der Waals surface area contributed by atoms with E-state index in [-0.39, 0.29) is 0 Å². The van der Waals surface area contributed by atoms with E-state index in [9.17, 15) is 0 Å². The highest BCUT2D eigenvalue weighted by atomic mass is 32.1. The van der Waals surface area contributed by atoms with E-state index >= 15 is 0 Å². The average molecular weight is 194 g/mol. The quantitative estimate of drug-likeness (QED) is 0.639. The number of rotatable bonds is 3. The minimum Gasteiger partial charge on any atom is -0.378 e. The molecule has 2 aliphatic rings. The Balaban J connectivity index is 1.98. The van der Waals surface area contributed by atoms with Crippen molar-refractivity contribution in [2.45, 2.75) is 25.9 Å². The molecule has 1 fully saturated rings. The largest absolute Gasteiger partial charge is 0.378 e. The van der Waals surface area contributed by atoms with Gasteiger partial charge in [0, 0.05) is 23.8 Å². The van der Waals surface area contributed by atoms with Gasteiger partial charge in [-0.2, -0.15) is 0 Å². The third-order valence-corrected chi connectivity index (χ3v) is 2.95. The highest BCUT2D eigenvalue weighted by Crippen LogP contribution is 2.41.